The van der Waals surface area contributed by atoms with Gasteiger partial charge >= 0.3 is 0 Å². The number of aldehydes is 1. The van der Waals surface area contributed by atoms with E-state index in [1.165, 1.54) is 12.7 Å². The van der Waals surface area contributed by atoms with E-state index in [2.05, 4.69) is 17.4 Å². The molecule has 0 aliphatic carbocycles. The van der Waals surface area contributed by atoms with Gasteiger partial charge in [0, 0.05) is 12.1 Å². The second kappa shape index (κ2) is 9.35. The van der Waals surface area contributed by atoms with E-state index in [1.807, 2.05) is 18.2 Å². The molecule has 0 heterocycles. The average molecular weight is 327 g/mol. The molecule has 24 heavy (non-hydrogen) atoms. The van der Waals surface area contributed by atoms with Crippen molar-refractivity contribution in [2.24, 2.45) is 0 Å². The number of carbonyl (C=O) groups excluding carboxylic acids is 2. The molecule has 2 aromatic carbocycles. The number of benzene rings is 2. The van der Waals surface area contributed by atoms with Gasteiger partial charge in [-0.15, -0.1) is 0 Å². The molecule has 0 saturated heterocycles. The molecule has 0 unspecified atom stereocenters. The van der Waals surface area contributed by atoms with E-state index in [9.17, 15) is 9.59 Å². The van der Waals surface area contributed by atoms with Gasteiger partial charge in [-0.25, -0.2) is 0 Å². The fourth-order valence-electron chi connectivity index (χ4n) is 2.24. The number of hydrogen-bond acceptors (Lipinski definition) is 4. The molecule has 0 aliphatic heterocycles. The minimum Gasteiger partial charge on any atom is -0.493 e. The van der Waals surface area contributed by atoms with Gasteiger partial charge in [-0.1, -0.05) is 30.3 Å². The van der Waals surface area contributed by atoms with Crippen molar-refractivity contribution < 1.29 is 19.1 Å². The van der Waals surface area contributed by atoms with E-state index in [-0.39, 0.29) is 12.5 Å². The minimum absolute atomic E-state index is 0.121. The molecular weight excluding hydrogens is 306 g/mol. The van der Waals surface area contributed by atoms with Crippen molar-refractivity contribution in [2.45, 2.75) is 12.8 Å². The summed E-state index contributed by atoms with van der Waals surface area (Å²) < 4.78 is 10.6. The number of rotatable bonds is 9. The zero-order valence-electron chi connectivity index (χ0n) is 13.7. The summed E-state index contributed by atoms with van der Waals surface area (Å²) in [6.07, 6.45) is 2.49. The van der Waals surface area contributed by atoms with Crippen LogP contribution in [0.25, 0.3) is 0 Å². The topological polar surface area (TPSA) is 64.6 Å². The highest BCUT2D eigenvalue weighted by Crippen LogP contribution is 2.27. The number of ether oxygens (including phenoxy) is 2. The summed E-state index contributed by atoms with van der Waals surface area (Å²) in [6, 6.07) is 14.9. The van der Waals surface area contributed by atoms with Crippen LogP contribution in [0, 0.1) is 0 Å². The number of carbonyl (C=O) groups is 2. The van der Waals surface area contributed by atoms with Crippen LogP contribution in [0.1, 0.15) is 22.3 Å². The predicted octanol–water partition coefficient (Wildman–Crippen LogP) is 2.64. The molecule has 0 bridgehead atoms. The molecule has 5 heteroatoms. The summed E-state index contributed by atoms with van der Waals surface area (Å²) in [5.74, 6) is 0.653. The summed E-state index contributed by atoms with van der Waals surface area (Å²) in [6.45, 7) is 0.465. The monoisotopic (exact) mass is 327 g/mol. The lowest BCUT2D eigenvalue weighted by atomic mass is 10.1. The summed E-state index contributed by atoms with van der Waals surface area (Å²) in [7, 11) is 1.51. The molecule has 0 aromatic heterocycles. The van der Waals surface area contributed by atoms with E-state index < -0.39 is 0 Å². The Hall–Kier alpha value is -2.82. The highest BCUT2D eigenvalue weighted by molar-refractivity contribution is 5.78. The van der Waals surface area contributed by atoms with Gasteiger partial charge in [-0.3, -0.25) is 9.59 Å². The van der Waals surface area contributed by atoms with E-state index in [4.69, 9.17) is 9.47 Å². The lowest BCUT2D eigenvalue weighted by Crippen LogP contribution is -2.30. The van der Waals surface area contributed by atoms with Gasteiger partial charge in [0.2, 0.25) is 0 Å². The van der Waals surface area contributed by atoms with Gasteiger partial charge in [0.05, 0.1) is 7.11 Å². The second-order valence-corrected chi connectivity index (χ2v) is 5.26. The number of hydrogen-bond donors (Lipinski definition) is 1. The Morgan fingerprint density at radius 3 is 2.62 bits per heavy atom. The Labute approximate surface area is 141 Å². The smallest absolute Gasteiger partial charge is 0.257 e. The fourth-order valence-corrected chi connectivity index (χ4v) is 2.24. The first-order chi connectivity index (χ1) is 11.7. The van der Waals surface area contributed by atoms with Crippen LogP contribution in [0.15, 0.2) is 48.5 Å². The third kappa shape index (κ3) is 5.43. The van der Waals surface area contributed by atoms with Crippen LogP contribution < -0.4 is 14.8 Å². The maximum Gasteiger partial charge on any atom is 0.257 e. The SMILES string of the molecule is COc1ccc(C=O)cc1OCC(=O)NCCCc1ccccc1. The third-order valence-electron chi connectivity index (χ3n) is 3.49. The van der Waals surface area contributed by atoms with Crippen LogP contribution in [-0.2, 0) is 11.2 Å². The molecular formula is C19H21NO4. The molecule has 2 aromatic rings. The zero-order chi connectivity index (χ0) is 17.2. The Balaban J connectivity index is 1.74. The fraction of sp³-hybridized carbons (Fsp3) is 0.263. The lowest BCUT2D eigenvalue weighted by molar-refractivity contribution is -0.123. The molecule has 0 atom stereocenters. The first kappa shape index (κ1) is 17.5. The lowest BCUT2D eigenvalue weighted by Gasteiger charge is -2.11. The van der Waals surface area contributed by atoms with Crippen molar-refractivity contribution in [3.05, 3.63) is 59.7 Å². The summed E-state index contributed by atoms with van der Waals surface area (Å²) in [5.41, 5.74) is 1.72. The number of methoxy groups -OCH3 is 1. The molecule has 1 N–H and O–H groups in total. The van der Waals surface area contributed by atoms with Gasteiger partial charge in [-0.2, -0.15) is 0 Å². The standard InChI is InChI=1S/C19H21NO4/c1-23-17-10-9-16(13-21)12-18(17)24-14-19(22)20-11-5-8-15-6-3-2-4-7-15/h2-4,6-7,9-10,12-13H,5,8,11,14H2,1H3,(H,20,22). The number of nitrogens with one attached hydrogen (secondary N) is 1. The van der Waals surface area contributed by atoms with Crippen LogP contribution in [0.4, 0.5) is 0 Å². The van der Waals surface area contributed by atoms with Crippen LogP contribution in [0.3, 0.4) is 0 Å². The van der Waals surface area contributed by atoms with Gasteiger partial charge in [0.15, 0.2) is 18.1 Å². The van der Waals surface area contributed by atoms with Gasteiger partial charge in [0.25, 0.3) is 5.91 Å². The van der Waals surface area contributed by atoms with E-state index in [0.29, 0.717) is 23.6 Å². The summed E-state index contributed by atoms with van der Waals surface area (Å²) in [4.78, 5) is 22.6. The van der Waals surface area contributed by atoms with Crippen molar-refractivity contribution >= 4 is 12.2 Å². The van der Waals surface area contributed by atoms with Gasteiger partial charge < -0.3 is 14.8 Å². The molecule has 0 radical (unpaired) electrons. The summed E-state index contributed by atoms with van der Waals surface area (Å²) >= 11 is 0. The second-order valence-electron chi connectivity index (χ2n) is 5.26. The summed E-state index contributed by atoms with van der Waals surface area (Å²) in [5, 5.41) is 2.81. The Bertz CT molecular complexity index is 670. The van der Waals surface area contributed by atoms with Crippen LogP contribution in [0.2, 0.25) is 0 Å². The molecule has 0 spiro atoms. The number of amides is 1. The van der Waals surface area contributed by atoms with Crippen LogP contribution >= 0.6 is 0 Å². The first-order valence-corrected chi connectivity index (χ1v) is 7.79. The van der Waals surface area contributed by atoms with E-state index >= 15 is 0 Å². The van der Waals surface area contributed by atoms with Crippen molar-refractivity contribution in [3.63, 3.8) is 0 Å². The Morgan fingerprint density at radius 2 is 1.92 bits per heavy atom. The van der Waals surface area contributed by atoms with Crippen LogP contribution in [-0.4, -0.2) is 32.5 Å². The van der Waals surface area contributed by atoms with E-state index in [0.717, 1.165) is 19.1 Å². The Kier molecular flexibility index (Phi) is 6.83. The molecule has 0 aliphatic rings. The normalized spacial score (nSPS) is 10.0. The average Bonchev–Trinajstić information content (AvgIpc) is 2.64. The Morgan fingerprint density at radius 1 is 1.12 bits per heavy atom. The maximum atomic E-state index is 11.8. The minimum atomic E-state index is -0.207. The molecule has 5 nitrogen and oxygen atoms in total. The largest absolute Gasteiger partial charge is 0.493 e. The van der Waals surface area contributed by atoms with Crippen molar-refractivity contribution in [1.29, 1.82) is 0 Å². The van der Waals surface area contributed by atoms with Crippen molar-refractivity contribution in [3.8, 4) is 11.5 Å². The zero-order valence-corrected chi connectivity index (χ0v) is 13.7. The first-order valence-electron chi connectivity index (χ1n) is 7.79. The third-order valence-corrected chi connectivity index (χ3v) is 3.49. The maximum absolute atomic E-state index is 11.8. The highest BCUT2D eigenvalue weighted by Gasteiger charge is 2.08. The number of aryl methyl sites for hydroxylation is 1. The molecule has 0 saturated carbocycles. The van der Waals surface area contributed by atoms with E-state index in [1.54, 1.807) is 18.2 Å². The quantitative estimate of drug-likeness (QED) is 0.568. The molecule has 2 rings (SSSR count). The highest BCUT2D eigenvalue weighted by atomic mass is 16.5. The van der Waals surface area contributed by atoms with Crippen LogP contribution in [0.5, 0.6) is 11.5 Å². The molecule has 0 fully saturated rings. The predicted molar refractivity (Wildman–Crippen MR) is 91.6 cm³/mol. The van der Waals surface area contributed by atoms with Crippen molar-refractivity contribution in [1.82, 2.24) is 5.32 Å². The van der Waals surface area contributed by atoms with Gasteiger partial charge in [0.1, 0.15) is 6.29 Å². The van der Waals surface area contributed by atoms with Gasteiger partial charge in [-0.05, 0) is 36.6 Å². The molecule has 126 valence electrons. The van der Waals surface area contributed by atoms with Crippen molar-refractivity contribution in [2.75, 3.05) is 20.3 Å². The molecule has 1 amide bonds.